The van der Waals surface area contributed by atoms with Crippen molar-refractivity contribution in [2.45, 2.75) is 59.4 Å². The molecule has 0 rings (SSSR count). The van der Waals surface area contributed by atoms with Gasteiger partial charge in [0.1, 0.15) is 0 Å². The third kappa shape index (κ3) is 8.15. The highest BCUT2D eigenvalue weighted by Crippen LogP contribution is 2.20. The van der Waals surface area contributed by atoms with E-state index < -0.39 is 5.97 Å². The summed E-state index contributed by atoms with van der Waals surface area (Å²) in [6, 6.07) is -0.299. The monoisotopic (exact) mass is 286 g/mol. The van der Waals surface area contributed by atoms with Gasteiger partial charge in [0.2, 0.25) is 5.91 Å². The third-order valence-corrected chi connectivity index (χ3v) is 3.77. The molecule has 0 radical (unpaired) electrons. The maximum atomic E-state index is 11.9. The number of carboxylic acids is 1. The Balaban J connectivity index is 4.27. The molecule has 2 unspecified atom stereocenters. The maximum Gasteiger partial charge on any atom is 0.305 e. The third-order valence-electron chi connectivity index (χ3n) is 3.77. The van der Waals surface area contributed by atoms with Gasteiger partial charge in [0.05, 0.1) is 6.42 Å². The van der Waals surface area contributed by atoms with Gasteiger partial charge in [-0.3, -0.25) is 9.59 Å². The molecular weight excluding hydrogens is 256 g/mol. The van der Waals surface area contributed by atoms with E-state index in [-0.39, 0.29) is 24.3 Å². The van der Waals surface area contributed by atoms with Crippen molar-refractivity contribution in [3.8, 4) is 0 Å². The van der Waals surface area contributed by atoms with E-state index in [2.05, 4.69) is 19.2 Å². The molecule has 0 aromatic rings. The summed E-state index contributed by atoms with van der Waals surface area (Å²) in [6.07, 6.45) is 2.14. The fourth-order valence-electron chi connectivity index (χ4n) is 2.26. The Hall–Kier alpha value is -1.10. The highest BCUT2D eigenvalue weighted by Gasteiger charge is 2.20. The molecule has 1 amide bonds. The SMILES string of the molecule is CC(C)C(CCN)CCC(=O)NC(CC(=O)O)C(C)C. The van der Waals surface area contributed by atoms with Gasteiger partial charge in [0.15, 0.2) is 0 Å². The molecule has 0 aromatic carbocycles. The highest BCUT2D eigenvalue weighted by atomic mass is 16.4. The summed E-state index contributed by atoms with van der Waals surface area (Å²) in [5, 5.41) is 11.7. The van der Waals surface area contributed by atoms with Gasteiger partial charge in [0, 0.05) is 12.5 Å². The number of amides is 1. The minimum absolute atomic E-state index is 0.0280. The molecular formula is C15H30N2O3. The summed E-state index contributed by atoms with van der Waals surface area (Å²) >= 11 is 0. The van der Waals surface area contributed by atoms with Crippen LogP contribution in [0.1, 0.15) is 53.4 Å². The average molecular weight is 286 g/mol. The lowest BCUT2D eigenvalue weighted by atomic mass is 9.88. The van der Waals surface area contributed by atoms with Crippen molar-refractivity contribution in [3.05, 3.63) is 0 Å². The Morgan fingerprint density at radius 3 is 2.10 bits per heavy atom. The fraction of sp³-hybridized carbons (Fsp3) is 0.867. The lowest BCUT2D eigenvalue weighted by Gasteiger charge is -2.23. The minimum Gasteiger partial charge on any atom is -0.481 e. The normalized spacial score (nSPS) is 14.3. The van der Waals surface area contributed by atoms with Crippen molar-refractivity contribution in [2.75, 3.05) is 6.54 Å². The van der Waals surface area contributed by atoms with E-state index in [1.165, 1.54) is 0 Å². The molecule has 5 heteroatoms. The van der Waals surface area contributed by atoms with Gasteiger partial charge in [-0.2, -0.15) is 0 Å². The van der Waals surface area contributed by atoms with E-state index in [0.29, 0.717) is 24.8 Å². The molecule has 0 aliphatic heterocycles. The predicted molar refractivity (Wildman–Crippen MR) is 80.3 cm³/mol. The summed E-state index contributed by atoms with van der Waals surface area (Å²) < 4.78 is 0. The van der Waals surface area contributed by atoms with Crippen molar-refractivity contribution in [2.24, 2.45) is 23.5 Å². The summed E-state index contributed by atoms with van der Waals surface area (Å²) in [5.74, 6) is 0.119. The maximum absolute atomic E-state index is 11.9. The molecule has 118 valence electrons. The number of carboxylic acid groups (broad SMARTS) is 1. The van der Waals surface area contributed by atoms with Gasteiger partial charge >= 0.3 is 5.97 Å². The number of aliphatic carboxylic acids is 1. The first-order chi connectivity index (χ1) is 9.27. The molecule has 20 heavy (non-hydrogen) atoms. The summed E-state index contributed by atoms with van der Waals surface area (Å²) in [7, 11) is 0. The van der Waals surface area contributed by atoms with Crippen LogP contribution in [-0.2, 0) is 9.59 Å². The van der Waals surface area contributed by atoms with Gasteiger partial charge in [-0.25, -0.2) is 0 Å². The summed E-state index contributed by atoms with van der Waals surface area (Å²) in [4.78, 5) is 22.7. The topological polar surface area (TPSA) is 92.4 Å². The molecule has 0 fully saturated rings. The molecule has 0 aromatic heterocycles. The largest absolute Gasteiger partial charge is 0.481 e. The van der Waals surface area contributed by atoms with E-state index >= 15 is 0 Å². The van der Waals surface area contributed by atoms with Crippen LogP contribution < -0.4 is 11.1 Å². The first-order valence-corrected chi connectivity index (χ1v) is 7.49. The van der Waals surface area contributed by atoms with Crippen LogP contribution in [0.25, 0.3) is 0 Å². The second-order valence-electron chi connectivity index (χ2n) is 6.14. The van der Waals surface area contributed by atoms with Gasteiger partial charge in [-0.05, 0) is 37.1 Å². The molecule has 0 aliphatic carbocycles. The first-order valence-electron chi connectivity index (χ1n) is 7.49. The number of rotatable bonds is 10. The van der Waals surface area contributed by atoms with Crippen LogP contribution in [0.3, 0.4) is 0 Å². The van der Waals surface area contributed by atoms with Crippen LogP contribution in [-0.4, -0.2) is 29.6 Å². The quantitative estimate of drug-likeness (QED) is 0.572. The van der Waals surface area contributed by atoms with Crippen molar-refractivity contribution < 1.29 is 14.7 Å². The molecule has 0 aliphatic rings. The fourth-order valence-corrected chi connectivity index (χ4v) is 2.26. The van der Waals surface area contributed by atoms with Crippen molar-refractivity contribution in [1.82, 2.24) is 5.32 Å². The van der Waals surface area contributed by atoms with Gasteiger partial charge in [-0.1, -0.05) is 27.7 Å². The van der Waals surface area contributed by atoms with Crippen LogP contribution in [0.5, 0.6) is 0 Å². The van der Waals surface area contributed by atoms with Gasteiger partial charge < -0.3 is 16.2 Å². The number of carbonyl (C=O) groups excluding carboxylic acids is 1. The number of nitrogens with two attached hydrogens (primary N) is 1. The zero-order chi connectivity index (χ0) is 15.7. The molecule has 0 heterocycles. The van der Waals surface area contributed by atoms with Crippen LogP contribution in [0, 0.1) is 17.8 Å². The minimum atomic E-state index is -0.882. The van der Waals surface area contributed by atoms with Crippen LogP contribution in [0.15, 0.2) is 0 Å². The molecule has 0 saturated carbocycles. The number of carbonyl (C=O) groups is 2. The first kappa shape index (κ1) is 18.9. The number of hydrogen-bond acceptors (Lipinski definition) is 3. The molecule has 0 bridgehead atoms. The Labute approximate surface area is 122 Å². The molecule has 0 spiro atoms. The lowest BCUT2D eigenvalue weighted by molar-refractivity contribution is -0.138. The van der Waals surface area contributed by atoms with Crippen molar-refractivity contribution in [1.29, 1.82) is 0 Å². The smallest absolute Gasteiger partial charge is 0.305 e. The van der Waals surface area contributed by atoms with Gasteiger partial charge in [0.25, 0.3) is 0 Å². The van der Waals surface area contributed by atoms with Crippen LogP contribution >= 0.6 is 0 Å². The summed E-state index contributed by atoms with van der Waals surface area (Å²) in [5.41, 5.74) is 5.58. The molecule has 4 N–H and O–H groups in total. The molecule has 5 nitrogen and oxygen atoms in total. The number of hydrogen-bond donors (Lipinski definition) is 3. The second-order valence-corrected chi connectivity index (χ2v) is 6.14. The molecule has 2 atom stereocenters. The Morgan fingerprint density at radius 1 is 1.10 bits per heavy atom. The van der Waals surface area contributed by atoms with E-state index in [1.54, 1.807) is 0 Å². The van der Waals surface area contributed by atoms with E-state index in [0.717, 1.165) is 12.8 Å². The van der Waals surface area contributed by atoms with E-state index in [1.807, 2.05) is 13.8 Å². The average Bonchev–Trinajstić information content (AvgIpc) is 2.32. The highest BCUT2D eigenvalue weighted by molar-refractivity contribution is 5.77. The van der Waals surface area contributed by atoms with Crippen molar-refractivity contribution in [3.63, 3.8) is 0 Å². The Kier molecular flexibility index (Phi) is 9.21. The van der Waals surface area contributed by atoms with Crippen LogP contribution in [0.4, 0.5) is 0 Å². The van der Waals surface area contributed by atoms with Crippen LogP contribution in [0.2, 0.25) is 0 Å². The van der Waals surface area contributed by atoms with Crippen molar-refractivity contribution >= 4 is 11.9 Å². The Morgan fingerprint density at radius 2 is 1.70 bits per heavy atom. The Bertz CT molecular complexity index is 303. The number of nitrogens with one attached hydrogen (secondary N) is 1. The van der Waals surface area contributed by atoms with E-state index in [9.17, 15) is 9.59 Å². The second kappa shape index (κ2) is 9.75. The molecule has 0 saturated heterocycles. The summed E-state index contributed by atoms with van der Waals surface area (Å²) in [6.45, 7) is 8.75. The zero-order valence-electron chi connectivity index (χ0n) is 13.2. The standard InChI is InChI=1S/C15H30N2O3/c1-10(2)12(7-8-16)5-6-14(18)17-13(11(3)4)9-15(19)20/h10-13H,5-9,16H2,1-4H3,(H,17,18)(H,19,20). The van der Waals surface area contributed by atoms with E-state index in [4.69, 9.17) is 10.8 Å². The zero-order valence-corrected chi connectivity index (χ0v) is 13.2. The predicted octanol–water partition coefficient (Wildman–Crippen LogP) is 2.00. The lowest BCUT2D eigenvalue weighted by Crippen LogP contribution is -2.40. The van der Waals surface area contributed by atoms with Gasteiger partial charge in [-0.15, -0.1) is 0 Å².